The topological polar surface area (TPSA) is 105 Å². The summed E-state index contributed by atoms with van der Waals surface area (Å²) >= 11 is 0. The van der Waals surface area contributed by atoms with Crippen molar-refractivity contribution in [3.63, 3.8) is 0 Å². The Balaban J connectivity index is 2.50. The molecule has 8 nitrogen and oxygen atoms in total. The van der Waals surface area contributed by atoms with Gasteiger partial charge >= 0.3 is 12.2 Å². The zero-order valence-electron chi connectivity index (χ0n) is 7.43. The fourth-order valence-electron chi connectivity index (χ4n) is 1.25. The molecule has 14 heavy (non-hydrogen) atoms. The van der Waals surface area contributed by atoms with Crippen LogP contribution in [0.5, 0.6) is 0 Å². The van der Waals surface area contributed by atoms with E-state index in [-0.39, 0.29) is 0 Å². The molecule has 1 aliphatic heterocycles. The average Bonchev–Trinajstić information content (AvgIpc) is 2.52. The van der Waals surface area contributed by atoms with Gasteiger partial charge in [0.25, 0.3) is 0 Å². The lowest BCUT2D eigenvalue weighted by Crippen LogP contribution is -2.60. The fraction of sp³-hybridized carbons (Fsp3) is 0.667. The van der Waals surface area contributed by atoms with Gasteiger partial charge < -0.3 is 10.2 Å². The van der Waals surface area contributed by atoms with Crippen molar-refractivity contribution in [1.29, 1.82) is 0 Å². The molecule has 0 aromatic rings. The van der Waals surface area contributed by atoms with Crippen molar-refractivity contribution >= 4 is 12.2 Å². The molecule has 0 saturated carbocycles. The summed E-state index contributed by atoms with van der Waals surface area (Å²) in [6.07, 6.45) is -0.797. The summed E-state index contributed by atoms with van der Waals surface area (Å²) in [5.74, 6) is 0. The Hall–Kier alpha value is -1.54. The van der Waals surface area contributed by atoms with Gasteiger partial charge in [-0.15, -0.1) is 0 Å². The van der Waals surface area contributed by atoms with E-state index < -0.39 is 12.2 Å². The lowest BCUT2D eigenvalue weighted by Gasteiger charge is -2.28. The summed E-state index contributed by atoms with van der Waals surface area (Å²) in [6.45, 7) is 1.25. The second-order valence-electron chi connectivity index (χ2n) is 2.81. The van der Waals surface area contributed by atoms with Crippen LogP contribution in [0.2, 0.25) is 0 Å². The van der Waals surface area contributed by atoms with Crippen molar-refractivity contribution in [2.24, 2.45) is 0 Å². The van der Waals surface area contributed by atoms with Gasteiger partial charge in [-0.2, -0.15) is 0 Å². The molecular weight excluding hydrogens is 192 g/mol. The Morgan fingerprint density at radius 2 is 1.50 bits per heavy atom. The van der Waals surface area contributed by atoms with E-state index in [0.29, 0.717) is 13.1 Å². The Bertz CT molecular complexity index is 212. The maximum absolute atomic E-state index is 10.3. The molecule has 0 atom stereocenters. The smallest absolute Gasteiger partial charge is 0.421 e. The Morgan fingerprint density at radius 3 is 1.86 bits per heavy atom. The fourth-order valence-corrected chi connectivity index (χ4v) is 1.25. The number of amides is 2. The molecular formula is C6H12N4O4. The molecule has 1 aliphatic rings. The average molecular weight is 204 g/mol. The minimum Gasteiger partial charge on any atom is -0.464 e. The van der Waals surface area contributed by atoms with Crippen LogP contribution in [0.4, 0.5) is 9.59 Å². The number of nitrogens with one attached hydrogen (secondary N) is 2. The molecule has 0 bridgehead atoms. The van der Waals surface area contributed by atoms with Crippen molar-refractivity contribution in [1.82, 2.24) is 21.1 Å². The van der Waals surface area contributed by atoms with Crippen LogP contribution >= 0.6 is 0 Å². The van der Waals surface area contributed by atoms with Gasteiger partial charge in [-0.25, -0.2) is 25.4 Å². The van der Waals surface area contributed by atoms with Crippen LogP contribution in [0, 0.1) is 0 Å². The zero-order valence-corrected chi connectivity index (χ0v) is 7.43. The van der Waals surface area contributed by atoms with E-state index in [0.717, 1.165) is 18.1 Å². The van der Waals surface area contributed by atoms with Crippen molar-refractivity contribution in [3.05, 3.63) is 0 Å². The molecule has 1 fully saturated rings. The van der Waals surface area contributed by atoms with Crippen molar-refractivity contribution < 1.29 is 19.8 Å². The van der Waals surface area contributed by atoms with Gasteiger partial charge in [0.2, 0.25) is 0 Å². The summed E-state index contributed by atoms with van der Waals surface area (Å²) in [6, 6.07) is 0. The normalized spacial score (nSPS) is 16.9. The first-order chi connectivity index (χ1) is 6.59. The number of hydrazine groups is 3. The van der Waals surface area contributed by atoms with E-state index in [1.165, 1.54) is 0 Å². The predicted octanol–water partition coefficient (Wildman–Crippen LogP) is -0.336. The lowest BCUT2D eigenvalue weighted by molar-refractivity contribution is -0.0816. The molecule has 80 valence electrons. The van der Waals surface area contributed by atoms with E-state index in [9.17, 15) is 9.59 Å². The standard InChI is InChI=1S/C6H12N4O4/c11-5(12)7-10(8-6(13)14)9-3-1-2-4-9/h7-8H,1-4H2,(H,11,12)(H,13,14). The number of hydrogen-bond donors (Lipinski definition) is 4. The largest absolute Gasteiger partial charge is 0.464 e. The molecule has 2 amide bonds. The van der Waals surface area contributed by atoms with Gasteiger partial charge in [0.15, 0.2) is 0 Å². The summed E-state index contributed by atoms with van der Waals surface area (Å²) < 4.78 is 0. The van der Waals surface area contributed by atoms with Gasteiger partial charge in [0.1, 0.15) is 0 Å². The van der Waals surface area contributed by atoms with Crippen molar-refractivity contribution in [2.75, 3.05) is 13.1 Å². The highest BCUT2D eigenvalue weighted by molar-refractivity contribution is 5.66. The maximum Gasteiger partial charge on any atom is 0.421 e. The highest BCUT2D eigenvalue weighted by atomic mass is 16.4. The molecule has 0 aromatic carbocycles. The molecule has 0 aliphatic carbocycles. The van der Waals surface area contributed by atoms with Gasteiger partial charge in [0, 0.05) is 13.1 Å². The molecule has 1 heterocycles. The Labute approximate surface area is 80.0 Å². The van der Waals surface area contributed by atoms with Crippen LogP contribution in [-0.2, 0) is 0 Å². The van der Waals surface area contributed by atoms with Crippen LogP contribution in [-0.4, -0.2) is 45.7 Å². The minimum atomic E-state index is -1.31. The third kappa shape index (κ3) is 3.07. The van der Waals surface area contributed by atoms with Crippen LogP contribution in [0.1, 0.15) is 12.8 Å². The second kappa shape index (κ2) is 4.63. The van der Waals surface area contributed by atoms with Gasteiger partial charge in [-0.05, 0) is 12.8 Å². The molecule has 1 saturated heterocycles. The van der Waals surface area contributed by atoms with Gasteiger partial charge in [0.05, 0.1) is 0 Å². The van der Waals surface area contributed by atoms with E-state index in [1.54, 1.807) is 5.01 Å². The van der Waals surface area contributed by atoms with Crippen molar-refractivity contribution in [3.8, 4) is 0 Å². The monoisotopic (exact) mass is 204 g/mol. The highest BCUT2D eigenvalue weighted by Crippen LogP contribution is 2.07. The highest BCUT2D eigenvalue weighted by Gasteiger charge is 2.22. The molecule has 8 heteroatoms. The Kier molecular flexibility index (Phi) is 3.48. The number of nitrogens with zero attached hydrogens (tertiary/aromatic N) is 2. The van der Waals surface area contributed by atoms with E-state index in [1.807, 2.05) is 10.9 Å². The molecule has 4 N–H and O–H groups in total. The zero-order chi connectivity index (χ0) is 10.6. The third-order valence-corrected chi connectivity index (χ3v) is 1.77. The molecule has 0 aromatic heterocycles. The number of hydrogen-bond acceptors (Lipinski definition) is 4. The summed E-state index contributed by atoms with van der Waals surface area (Å²) in [5.41, 5.74) is 3.87. The Morgan fingerprint density at radius 1 is 1.07 bits per heavy atom. The van der Waals surface area contributed by atoms with Crippen LogP contribution in [0.3, 0.4) is 0 Å². The first-order valence-electron chi connectivity index (χ1n) is 4.14. The van der Waals surface area contributed by atoms with Crippen molar-refractivity contribution in [2.45, 2.75) is 12.8 Å². The molecule has 0 spiro atoms. The number of carbonyl (C=O) groups is 2. The van der Waals surface area contributed by atoms with Crippen LogP contribution in [0.25, 0.3) is 0 Å². The molecule has 0 radical (unpaired) electrons. The lowest BCUT2D eigenvalue weighted by atomic mass is 10.4. The van der Waals surface area contributed by atoms with E-state index >= 15 is 0 Å². The predicted molar refractivity (Wildman–Crippen MR) is 45.0 cm³/mol. The van der Waals surface area contributed by atoms with Crippen LogP contribution < -0.4 is 10.9 Å². The third-order valence-electron chi connectivity index (χ3n) is 1.77. The molecule has 1 rings (SSSR count). The maximum atomic E-state index is 10.3. The summed E-state index contributed by atoms with van der Waals surface area (Å²) in [5, 5.41) is 19.3. The first-order valence-corrected chi connectivity index (χ1v) is 4.14. The molecule has 0 unspecified atom stereocenters. The van der Waals surface area contributed by atoms with Gasteiger partial charge in [-0.1, -0.05) is 5.23 Å². The van der Waals surface area contributed by atoms with Crippen LogP contribution in [0.15, 0.2) is 0 Å². The summed E-state index contributed by atoms with van der Waals surface area (Å²) in [4.78, 5) is 20.7. The minimum absolute atomic E-state index is 0.626. The summed E-state index contributed by atoms with van der Waals surface area (Å²) in [7, 11) is 0. The quantitative estimate of drug-likeness (QED) is 0.469. The second-order valence-corrected chi connectivity index (χ2v) is 2.81. The number of carboxylic acid groups (broad SMARTS) is 2. The van der Waals surface area contributed by atoms with Gasteiger partial charge in [-0.3, -0.25) is 0 Å². The number of rotatable bonds is 3. The van der Waals surface area contributed by atoms with E-state index in [4.69, 9.17) is 10.2 Å². The SMILES string of the molecule is O=C(O)NN(NC(=O)O)N1CCCC1. The first kappa shape index (κ1) is 10.5. The van der Waals surface area contributed by atoms with E-state index in [2.05, 4.69) is 0 Å².